The maximum absolute atomic E-state index is 12.7. The van der Waals surface area contributed by atoms with E-state index in [4.69, 9.17) is 9.47 Å². The Morgan fingerprint density at radius 2 is 2.10 bits per heavy atom. The molecule has 0 aliphatic carbocycles. The molecule has 1 aromatic carbocycles. The average molecular weight is 416 g/mol. The van der Waals surface area contributed by atoms with Crippen LogP contribution in [0.4, 0.5) is 4.79 Å². The molecule has 4 amide bonds. The maximum Gasteiger partial charge on any atom is 0.325 e. The van der Waals surface area contributed by atoms with E-state index in [0.717, 1.165) is 31.5 Å². The van der Waals surface area contributed by atoms with Gasteiger partial charge < -0.3 is 20.1 Å². The molecule has 3 aliphatic rings. The minimum Gasteiger partial charge on any atom is -0.454 e. The van der Waals surface area contributed by atoms with Crippen LogP contribution in [-0.4, -0.2) is 66.2 Å². The van der Waals surface area contributed by atoms with Crippen molar-refractivity contribution < 1.29 is 23.9 Å². The number of likely N-dealkylation sites (N-methyl/N-ethyl adjacent to an activating group) is 1. The number of carbonyl (C=O) groups excluding carboxylic acids is 3. The van der Waals surface area contributed by atoms with Crippen LogP contribution in [0.2, 0.25) is 0 Å². The van der Waals surface area contributed by atoms with Gasteiger partial charge in [0, 0.05) is 19.0 Å². The lowest BCUT2D eigenvalue weighted by Gasteiger charge is -2.22. The molecule has 30 heavy (non-hydrogen) atoms. The second-order valence-electron chi connectivity index (χ2n) is 7.88. The molecule has 1 aromatic rings. The third-order valence-corrected chi connectivity index (χ3v) is 5.98. The molecular formula is C21H28N4O5. The van der Waals surface area contributed by atoms with Crippen LogP contribution < -0.4 is 20.1 Å². The van der Waals surface area contributed by atoms with Crippen molar-refractivity contribution in [1.82, 2.24) is 20.4 Å². The van der Waals surface area contributed by atoms with Gasteiger partial charge in [0.1, 0.15) is 6.04 Å². The smallest absolute Gasteiger partial charge is 0.325 e. The zero-order valence-corrected chi connectivity index (χ0v) is 17.2. The van der Waals surface area contributed by atoms with E-state index in [2.05, 4.69) is 22.5 Å². The summed E-state index contributed by atoms with van der Waals surface area (Å²) in [6.07, 6.45) is 2.75. The van der Waals surface area contributed by atoms with Gasteiger partial charge in [-0.05, 0) is 50.0 Å². The van der Waals surface area contributed by atoms with Crippen molar-refractivity contribution >= 4 is 17.8 Å². The number of fused-ring (bicyclic) bond motifs is 1. The summed E-state index contributed by atoms with van der Waals surface area (Å²) in [5.74, 6) is 0.865. The van der Waals surface area contributed by atoms with Gasteiger partial charge in [-0.3, -0.25) is 19.4 Å². The van der Waals surface area contributed by atoms with Gasteiger partial charge in [0.2, 0.25) is 12.7 Å². The van der Waals surface area contributed by atoms with Gasteiger partial charge in [0.05, 0.1) is 6.54 Å². The summed E-state index contributed by atoms with van der Waals surface area (Å²) in [5, 5.41) is 5.66. The molecule has 2 fully saturated rings. The summed E-state index contributed by atoms with van der Waals surface area (Å²) in [4.78, 5) is 40.7. The molecule has 0 radical (unpaired) electrons. The number of nitrogens with one attached hydrogen (secondary N) is 2. The van der Waals surface area contributed by atoms with E-state index in [9.17, 15) is 14.4 Å². The number of imide groups is 1. The van der Waals surface area contributed by atoms with Crippen molar-refractivity contribution in [3.8, 4) is 11.5 Å². The van der Waals surface area contributed by atoms with Gasteiger partial charge in [-0.2, -0.15) is 0 Å². The Morgan fingerprint density at radius 3 is 2.93 bits per heavy atom. The number of amides is 4. The largest absolute Gasteiger partial charge is 0.454 e. The van der Waals surface area contributed by atoms with E-state index in [1.807, 2.05) is 0 Å². The van der Waals surface area contributed by atoms with Crippen molar-refractivity contribution in [2.24, 2.45) is 0 Å². The highest BCUT2D eigenvalue weighted by atomic mass is 16.7. The van der Waals surface area contributed by atoms with Crippen LogP contribution in [0.15, 0.2) is 18.2 Å². The first kappa shape index (κ1) is 20.5. The maximum atomic E-state index is 12.7. The first-order valence-corrected chi connectivity index (χ1v) is 10.6. The molecule has 2 N–H and O–H groups in total. The number of urea groups is 1. The van der Waals surface area contributed by atoms with Gasteiger partial charge in [-0.1, -0.05) is 13.0 Å². The molecule has 0 saturated carbocycles. The Morgan fingerprint density at radius 1 is 1.27 bits per heavy atom. The third-order valence-electron chi connectivity index (χ3n) is 5.98. The Hall–Kier alpha value is -2.81. The van der Waals surface area contributed by atoms with Crippen LogP contribution in [0.3, 0.4) is 0 Å². The van der Waals surface area contributed by atoms with E-state index in [-0.39, 0.29) is 38.0 Å². The molecule has 9 nitrogen and oxygen atoms in total. The zero-order chi connectivity index (χ0) is 21.1. The zero-order valence-electron chi connectivity index (χ0n) is 17.2. The van der Waals surface area contributed by atoms with Crippen LogP contribution in [0.25, 0.3) is 0 Å². The Kier molecular flexibility index (Phi) is 6.08. The SMILES string of the molecule is CCN1CCCC1CNC(=O)CC[C@@H]1NC(=O)N(Cc2ccc3c(c2)OCO3)C1=O. The minimum atomic E-state index is -0.670. The van der Waals surface area contributed by atoms with Crippen LogP contribution in [0.1, 0.15) is 38.2 Å². The van der Waals surface area contributed by atoms with Crippen LogP contribution in [-0.2, 0) is 16.1 Å². The van der Waals surface area contributed by atoms with Gasteiger partial charge in [0.15, 0.2) is 11.5 Å². The highest BCUT2D eigenvalue weighted by Crippen LogP contribution is 2.33. The van der Waals surface area contributed by atoms with Crippen molar-refractivity contribution in [3.05, 3.63) is 23.8 Å². The summed E-state index contributed by atoms with van der Waals surface area (Å²) >= 11 is 0. The second kappa shape index (κ2) is 8.91. The topological polar surface area (TPSA) is 100 Å². The molecule has 3 heterocycles. The number of hydrogen-bond acceptors (Lipinski definition) is 6. The number of rotatable bonds is 8. The standard InChI is InChI=1S/C21H28N4O5/c1-2-24-9-3-4-15(24)11-22-19(26)8-6-16-20(27)25(21(28)23-16)12-14-5-7-17-18(10-14)30-13-29-17/h5,7,10,15-16H,2-4,6,8-9,11-13H2,1H3,(H,22,26)(H,23,28)/t15?,16-/m0/s1. The van der Waals surface area contributed by atoms with Crippen molar-refractivity contribution in [1.29, 1.82) is 0 Å². The van der Waals surface area contributed by atoms with E-state index in [1.54, 1.807) is 18.2 Å². The fourth-order valence-corrected chi connectivity index (χ4v) is 4.28. The number of carbonyl (C=O) groups is 3. The highest BCUT2D eigenvalue weighted by molar-refractivity contribution is 6.04. The van der Waals surface area contributed by atoms with E-state index >= 15 is 0 Å². The molecule has 0 bridgehead atoms. The second-order valence-corrected chi connectivity index (χ2v) is 7.88. The van der Waals surface area contributed by atoms with Gasteiger partial charge in [-0.15, -0.1) is 0 Å². The predicted molar refractivity (Wildman–Crippen MR) is 108 cm³/mol. The lowest BCUT2D eigenvalue weighted by molar-refractivity contribution is -0.128. The first-order valence-electron chi connectivity index (χ1n) is 10.6. The van der Waals surface area contributed by atoms with Crippen LogP contribution in [0.5, 0.6) is 11.5 Å². The molecule has 9 heteroatoms. The summed E-state index contributed by atoms with van der Waals surface area (Å²) in [6.45, 7) is 5.15. The predicted octanol–water partition coefficient (Wildman–Crippen LogP) is 1.22. The number of hydrogen-bond donors (Lipinski definition) is 2. The Labute approximate surface area is 175 Å². The molecule has 162 valence electrons. The highest BCUT2D eigenvalue weighted by Gasteiger charge is 2.38. The minimum absolute atomic E-state index is 0.0887. The monoisotopic (exact) mass is 416 g/mol. The number of ether oxygens (including phenoxy) is 2. The Bertz CT molecular complexity index is 830. The lowest BCUT2D eigenvalue weighted by atomic mass is 10.1. The third kappa shape index (κ3) is 4.35. The summed E-state index contributed by atoms with van der Waals surface area (Å²) in [6, 6.07) is 4.62. The quantitative estimate of drug-likeness (QED) is 0.618. The molecule has 0 aromatic heterocycles. The molecule has 4 rings (SSSR count). The summed E-state index contributed by atoms with van der Waals surface area (Å²) in [7, 11) is 0. The van der Waals surface area contributed by atoms with Gasteiger partial charge in [-0.25, -0.2) is 4.79 Å². The van der Waals surface area contributed by atoms with Crippen LogP contribution in [0, 0.1) is 0 Å². The van der Waals surface area contributed by atoms with Gasteiger partial charge in [0.25, 0.3) is 5.91 Å². The molecular weight excluding hydrogens is 388 g/mol. The van der Waals surface area contributed by atoms with Crippen molar-refractivity contribution in [2.45, 2.75) is 51.2 Å². The lowest BCUT2D eigenvalue weighted by Crippen LogP contribution is -2.40. The molecule has 0 spiro atoms. The van der Waals surface area contributed by atoms with E-state index < -0.39 is 12.1 Å². The fourth-order valence-electron chi connectivity index (χ4n) is 4.28. The summed E-state index contributed by atoms with van der Waals surface area (Å²) < 4.78 is 10.6. The number of nitrogens with zero attached hydrogens (tertiary/aromatic N) is 2. The van der Waals surface area contributed by atoms with E-state index in [1.165, 1.54) is 4.90 Å². The van der Waals surface area contributed by atoms with Gasteiger partial charge >= 0.3 is 6.03 Å². The fraction of sp³-hybridized carbons (Fsp3) is 0.571. The van der Waals surface area contributed by atoms with Crippen LogP contribution >= 0.6 is 0 Å². The number of benzene rings is 1. The normalized spacial score (nSPS) is 23.2. The first-order chi connectivity index (χ1) is 14.5. The van der Waals surface area contributed by atoms with E-state index in [0.29, 0.717) is 24.1 Å². The molecule has 2 atom stereocenters. The van der Waals surface area contributed by atoms with Crippen molar-refractivity contribution in [2.75, 3.05) is 26.4 Å². The average Bonchev–Trinajstić information content (AvgIpc) is 3.46. The number of likely N-dealkylation sites (tertiary alicyclic amines) is 1. The Balaban J connectivity index is 1.25. The summed E-state index contributed by atoms with van der Waals surface area (Å²) in [5.41, 5.74) is 0.776. The molecule has 2 saturated heterocycles. The van der Waals surface area contributed by atoms with Crippen molar-refractivity contribution in [3.63, 3.8) is 0 Å². The molecule has 3 aliphatic heterocycles. The molecule has 1 unspecified atom stereocenters.